The number of nitrogens with zero attached hydrogens (tertiary/aromatic N) is 1. The summed E-state index contributed by atoms with van der Waals surface area (Å²) in [7, 11) is 0. The van der Waals surface area contributed by atoms with E-state index in [4.69, 9.17) is 4.98 Å². The Bertz CT molecular complexity index is 1030. The molecular weight excluding hydrogens is 575 g/mol. The molecule has 1 N–H and O–H groups in total. The molecule has 2 aromatic carbocycles. The molecule has 0 saturated carbocycles. The molecule has 0 atom stereocenters. The van der Waals surface area contributed by atoms with Gasteiger partial charge in [-0.05, 0) is 29.0 Å². The molecule has 1 radical (unpaired) electrons. The zero-order valence-corrected chi connectivity index (χ0v) is 22.3. The number of ketones is 1. The van der Waals surface area contributed by atoms with Gasteiger partial charge in [-0.25, -0.2) is 0 Å². The number of fused-ring (bicyclic) bond motifs is 1. The van der Waals surface area contributed by atoms with Crippen LogP contribution in [0.3, 0.4) is 0 Å². The molecule has 1 aromatic heterocycles. The summed E-state index contributed by atoms with van der Waals surface area (Å²) in [5.74, 6) is 0.979. The Hall–Kier alpha value is -2.29. The molecule has 173 valence electrons. The Balaban J connectivity index is 0.000000330. The fraction of sp³-hybridized carbons (Fsp3) is 0.357. The van der Waals surface area contributed by atoms with E-state index in [9.17, 15) is 9.90 Å². The number of benzene rings is 2. The van der Waals surface area contributed by atoms with E-state index < -0.39 is 0 Å². The van der Waals surface area contributed by atoms with Crippen LogP contribution in [0.2, 0.25) is 0 Å². The summed E-state index contributed by atoms with van der Waals surface area (Å²) in [6.45, 7) is 12.2. The van der Waals surface area contributed by atoms with E-state index in [2.05, 4.69) is 50.2 Å². The van der Waals surface area contributed by atoms with Crippen LogP contribution in [0.5, 0.6) is 0 Å². The van der Waals surface area contributed by atoms with Crippen molar-refractivity contribution in [3.8, 4) is 11.3 Å². The third-order valence-corrected chi connectivity index (χ3v) is 4.58. The molecule has 32 heavy (non-hydrogen) atoms. The van der Waals surface area contributed by atoms with Gasteiger partial charge in [0.1, 0.15) is 0 Å². The first kappa shape index (κ1) is 27.7. The molecule has 0 aliphatic rings. The normalized spacial score (nSPS) is 11.2. The maximum atomic E-state index is 11.2. The van der Waals surface area contributed by atoms with Crippen LogP contribution in [0.25, 0.3) is 22.2 Å². The van der Waals surface area contributed by atoms with Crippen molar-refractivity contribution in [3.63, 3.8) is 0 Å². The minimum absolute atomic E-state index is 0. The fourth-order valence-corrected chi connectivity index (χ4v) is 3.37. The number of carbonyl (C=O) groups is 1. The Morgan fingerprint density at radius 1 is 1.00 bits per heavy atom. The summed E-state index contributed by atoms with van der Waals surface area (Å²) in [6, 6.07) is 20.0. The van der Waals surface area contributed by atoms with Gasteiger partial charge in [-0.3, -0.25) is 9.78 Å². The number of aliphatic hydroxyl groups is 1. The van der Waals surface area contributed by atoms with Gasteiger partial charge in [0.05, 0.1) is 11.3 Å². The van der Waals surface area contributed by atoms with E-state index in [1.165, 1.54) is 17.0 Å². The van der Waals surface area contributed by atoms with Crippen molar-refractivity contribution in [2.24, 2.45) is 11.8 Å². The van der Waals surface area contributed by atoms with Gasteiger partial charge in [-0.1, -0.05) is 71.9 Å². The number of hydrogen-bond donors (Lipinski definition) is 1. The Kier molecular flexibility index (Phi) is 11.5. The van der Waals surface area contributed by atoms with Crippen LogP contribution in [-0.4, -0.2) is 15.9 Å². The van der Waals surface area contributed by atoms with E-state index in [-0.39, 0.29) is 31.6 Å². The average molecular weight is 609 g/mol. The number of para-hydroxylation sites is 1. The van der Waals surface area contributed by atoms with Gasteiger partial charge in [0.2, 0.25) is 0 Å². The summed E-state index contributed by atoms with van der Waals surface area (Å²) >= 11 is 0. The number of aliphatic hydroxyl groups excluding tert-OH is 1. The van der Waals surface area contributed by atoms with Crippen molar-refractivity contribution in [3.05, 3.63) is 77.6 Å². The average Bonchev–Trinajstić information content (AvgIpc) is 2.66. The van der Waals surface area contributed by atoms with Crippen LogP contribution in [0.1, 0.15) is 51.7 Å². The number of aryl methyl sites for hydroxylation is 2. The first-order valence-electron chi connectivity index (χ1n) is 10.9. The smallest absolute Gasteiger partial charge is 0.159 e. The van der Waals surface area contributed by atoms with Crippen LogP contribution < -0.4 is 0 Å². The molecule has 3 nitrogen and oxygen atoms in total. The molecule has 0 fully saturated rings. The molecule has 0 bridgehead atoms. The summed E-state index contributed by atoms with van der Waals surface area (Å²) in [5, 5.41) is 10.5. The first-order chi connectivity index (χ1) is 14.6. The second-order valence-electron chi connectivity index (χ2n) is 8.94. The van der Waals surface area contributed by atoms with Gasteiger partial charge < -0.3 is 5.11 Å². The Labute approximate surface area is 206 Å². The molecule has 0 aliphatic carbocycles. The van der Waals surface area contributed by atoms with Gasteiger partial charge in [0.25, 0.3) is 0 Å². The molecule has 1 heterocycles. The van der Waals surface area contributed by atoms with Crippen LogP contribution in [0.4, 0.5) is 0 Å². The number of rotatable bonds is 6. The largest absolute Gasteiger partial charge is 0.512 e. The molecule has 0 unspecified atom stereocenters. The quantitative estimate of drug-likeness (QED) is 0.180. The van der Waals surface area contributed by atoms with Crippen molar-refractivity contribution >= 4 is 16.7 Å². The zero-order valence-electron chi connectivity index (χ0n) is 19.9. The zero-order chi connectivity index (χ0) is 23.0. The monoisotopic (exact) mass is 609 g/mol. The second-order valence-corrected chi connectivity index (χ2v) is 8.94. The molecule has 0 amide bonds. The third-order valence-electron chi connectivity index (χ3n) is 4.58. The number of aromatic nitrogens is 1. The molecule has 0 saturated heterocycles. The Morgan fingerprint density at radius 2 is 1.66 bits per heavy atom. The van der Waals surface area contributed by atoms with E-state index in [0.717, 1.165) is 22.3 Å². The number of carbonyl (C=O) groups excluding carboxylic acids is 1. The van der Waals surface area contributed by atoms with E-state index in [0.29, 0.717) is 24.7 Å². The number of hydrogen-bond acceptors (Lipinski definition) is 3. The molecule has 3 rings (SSSR count). The maximum Gasteiger partial charge on any atom is 0.159 e. The molecule has 4 heteroatoms. The second kappa shape index (κ2) is 13.3. The summed E-state index contributed by atoms with van der Waals surface area (Å²) in [6.07, 6.45) is 2.46. The van der Waals surface area contributed by atoms with E-state index in [1.54, 1.807) is 0 Å². The standard InChI is InChI=1S/C17H14N.C11H20O2.Ir/c1-12-9-13(2)11-15(10-12)17-8-7-14-5-3-4-6-16(14)18-17;1-8(2)5-10(12)7-11(13)6-9(3)4;/h3-10H,1-2H3;7-9,12H,5-6H2,1-4H3;/q-1;;/b;10-7-;. The predicted octanol–water partition coefficient (Wildman–Crippen LogP) is 7.41. The molecule has 0 aliphatic heterocycles. The molecule has 0 spiro atoms. The van der Waals surface area contributed by atoms with Crippen molar-refractivity contribution < 1.29 is 30.0 Å². The maximum absolute atomic E-state index is 11.2. The minimum Gasteiger partial charge on any atom is -0.512 e. The van der Waals surface area contributed by atoms with E-state index in [1.807, 2.05) is 45.9 Å². The predicted molar refractivity (Wildman–Crippen MR) is 130 cm³/mol. The van der Waals surface area contributed by atoms with Gasteiger partial charge in [-0.15, -0.1) is 34.9 Å². The van der Waals surface area contributed by atoms with Crippen molar-refractivity contribution in [1.82, 2.24) is 4.98 Å². The number of pyridine rings is 1. The van der Waals surface area contributed by atoms with Crippen molar-refractivity contribution in [1.29, 1.82) is 0 Å². The minimum atomic E-state index is 0. The van der Waals surface area contributed by atoms with Crippen LogP contribution in [0.15, 0.2) is 60.4 Å². The van der Waals surface area contributed by atoms with E-state index >= 15 is 0 Å². The summed E-state index contributed by atoms with van der Waals surface area (Å²) in [5.41, 5.74) is 5.48. The van der Waals surface area contributed by atoms with Crippen molar-refractivity contribution in [2.75, 3.05) is 0 Å². The van der Waals surface area contributed by atoms with Crippen LogP contribution in [-0.2, 0) is 24.9 Å². The van der Waals surface area contributed by atoms with Crippen LogP contribution >= 0.6 is 0 Å². The van der Waals surface area contributed by atoms with Crippen LogP contribution in [0, 0.1) is 31.7 Å². The SMILES string of the molecule is CC(C)CC(=O)/C=C(\O)CC(C)C.Cc1[c-]c(-c2ccc3ccccc3n2)cc(C)c1.[Ir]. The fourth-order valence-electron chi connectivity index (χ4n) is 3.37. The number of allylic oxidation sites excluding steroid dienone is 2. The third kappa shape index (κ3) is 9.46. The van der Waals surface area contributed by atoms with Crippen molar-refractivity contribution in [2.45, 2.75) is 54.4 Å². The molecular formula is C28H34IrNO2-. The Morgan fingerprint density at radius 3 is 2.28 bits per heavy atom. The summed E-state index contributed by atoms with van der Waals surface area (Å²) < 4.78 is 0. The summed E-state index contributed by atoms with van der Waals surface area (Å²) in [4.78, 5) is 15.9. The van der Waals surface area contributed by atoms with Gasteiger partial charge in [-0.2, -0.15) is 0 Å². The topological polar surface area (TPSA) is 50.2 Å². The first-order valence-corrected chi connectivity index (χ1v) is 10.9. The van der Waals surface area contributed by atoms with Gasteiger partial charge in [0, 0.05) is 39.0 Å². The molecule has 3 aromatic rings. The van der Waals surface area contributed by atoms with Gasteiger partial charge in [0.15, 0.2) is 5.78 Å². The van der Waals surface area contributed by atoms with Gasteiger partial charge >= 0.3 is 0 Å².